The molecule has 0 atom stereocenters. The van der Waals surface area contributed by atoms with E-state index in [2.05, 4.69) is 120 Å². The summed E-state index contributed by atoms with van der Waals surface area (Å²) in [6.07, 6.45) is 21.2. The van der Waals surface area contributed by atoms with Crippen LogP contribution in [0.5, 0.6) is 0 Å². The summed E-state index contributed by atoms with van der Waals surface area (Å²) in [6.45, 7) is 39.0. The van der Waals surface area contributed by atoms with Gasteiger partial charge in [0, 0.05) is 0 Å². The second-order valence-electron chi connectivity index (χ2n) is 11.2. The van der Waals surface area contributed by atoms with Crippen LogP contribution in [-0.2, 0) is 0 Å². The van der Waals surface area contributed by atoms with Crippen LogP contribution < -0.4 is 0 Å². The molecule has 0 fully saturated rings. The fraction of sp³-hybridized carbons (Fsp3) is 0.846. The fourth-order valence-electron chi connectivity index (χ4n) is 2.21. The number of hydrogen-bond donors (Lipinski definition) is 0. The lowest BCUT2D eigenvalue weighted by Gasteiger charge is -1.98. The smallest absolute Gasteiger partial charge is 0.0327 e. The molecule has 0 aliphatic rings. The molecule has 0 nitrogen and oxygen atoms in total. The normalized spacial score (nSPS) is 9.85. The molecule has 0 aliphatic heterocycles. The van der Waals surface area contributed by atoms with Crippen LogP contribution in [0.15, 0.2) is 36.5 Å². The average Bonchev–Trinajstić information content (AvgIpc) is 2.81. The summed E-state index contributed by atoms with van der Waals surface area (Å²) in [4.78, 5) is 0. The van der Waals surface area contributed by atoms with Crippen molar-refractivity contribution in [2.75, 3.05) is 0 Å². The SMILES string of the molecule is C.C.C.CC.CC.CC.CC(C)CC=CCC(C)C.CC(C)CC=CCC(C)C.CC(C)CC=CCC(C)C. The van der Waals surface area contributed by atoms with Crippen molar-refractivity contribution in [3.8, 4) is 0 Å². The van der Waals surface area contributed by atoms with E-state index in [4.69, 9.17) is 0 Å². The zero-order valence-electron chi connectivity index (χ0n) is 29.2. The van der Waals surface area contributed by atoms with E-state index in [1.165, 1.54) is 38.5 Å². The summed E-state index contributed by atoms with van der Waals surface area (Å²) in [7, 11) is 0. The molecule has 0 heterocycles. The third-order valence-electron chi connectivity index (χ3n) is 4.14. The van der Waals surface area contributed by atoms with E-state index in [1.54, 1.807) is 0 Å². The van der Waals surface area contributed by atoms with Crippen LogP contribution in [0.3, 0.4) is 0 Å². The number of hydrogen-bond acceptors (Lipinski definition) is 0. The molecule has 0 amide bonds. The molecular weight excluding hydrogens is 468 g/mol. The Labute approximate surface area is 257 Å². The van der Waals surface area contributed by atoms with Crippen LogP contribution in [0, 0.1) is 35.5 Å². The Morgan fingerprint density at radius 3 is 0.385 bits per heavy atom. The van der Waals surface area contributed by atoms with Crippen molar-refractivity contribution >= 4 is 0 Å². The predicted molar refractivity (Wildman–Crippen MR) is 198 cm³/mol. The van der Waals surface area contributed by atoms with E-state index in [1.807, 2.05) is 41.5 Å². The molecule has 0 saturated carbocycles. The molecule has 0 saturated heterocycles. The molecule has 0 bridgehead atoms. The number of rotatable bonds is 12. The standard InChI is InChI=1S/3C10H20.3C2H6.3CH4/c3*1-9(2)7-5-6-8-10(3)4;3*1-2;;;/h3*5-6,9-10H,7-8H2,1-4H3;3*1-2H3;3*1H4. The van der Waals surface area contributed by atoms with Crippen LogP contribution in [0.25, 0.3) is 0 Å². The van der Waals surface area contributed by atoms with Crippen LogP contribution in [0.2, 0.25) is 0 Å². The lowest BCUT2D eigenvalue weighted by atomic mass is 10.1. The quantitative estimate of drug-likeness (QED) is 0.209. The van der Waals surface area contributed by atoms with Crippen molar-refractivity contribution in [2.45, 2.75) is 185 Å². The first-order valence-electron chi connectivity index (χ1n) is 15.8. The third kappa shape index (κ3) is 113. The Bertz CT molecular complexity index is 290. The topological polar surface area (TPSA) is 0 Å². The van der Waals surface area contributed by atoms with Crippen molar-refractivity contribution in [1.29, 1.82) is 0 Å². The predicted octanol–water partition coefficient (Wildman–Crippen LogP) is 15.9. The molecule has 246 valence electrons. The molecule has 39 heavy (non-hydrogen) atoms. The third-order valence-corrected chi connectivity index (χ3v) is 4.14. The van der Waals surface area contributed by atoms with Gasteiger partial charge in [0.15, 0.2) is 0 Å². The van der Waals surface area contributed by atoms with Crippen LogP contribution in [0.1, 0.15) is 185 Å². The molecule has 0 radical (unpaired) electrons. The Morgan fingerprint density at radius 1 is 0.256 bits per heavy atom. The van der Waals surface area contributed by atoms with Gasteiger partial charge >= 0.3 is 0 Å². The van der Waals surface area contributed by atoms with E-state index in [0.717, 1.165) is 35.5 Å². The van der Waals surface area contributed by atoms with Crippen molar-refractivity contribution in [1.82, 2.24) is 0 Å². The number of allylic oxidation sites excluding steroid dienone is 6. The Kier molecular flexibility index (Phi) is 90.9. The highest BCUT2D eigenvalue weighted by Gasteiger charge is 1.90. The minimum Gasteiger partial charge on any atom is -0.0883 e. The summed E-state index contributed by atoms with van der Waals surface area (Å²) in [5.41, 5.74) is 0. The van der Waals surface area contributed by atoms with Crippen molar-refractivity contribution < 1.29 is 0 Å². The summed E-state index contributed by atoms with van der Waals surface area (Å²) >= 11 is 0. The molecular formula is C39H90. The molecule has 0 rings (SSSR count). The highest BCUT2D eigenvalue weighted by molar-refractivity contribution is 4.84. The van der Waals surface area contributed by atoms with Gasteiger partial charge in [-0.05, 0) is 74.0 Å². The van der Waals surface area contributed by atoms with Crippen LogP contribution in [-0.4, -0.2) is 0 Å². The molecule has 0 unspecified atom stereocenters. The molecule has 0 heteroatoms. The second-order valence-corrected chi connectivity index (χ2v) is 11.2. The lowest BCUT2D eigenvalue weighted by Crippen LogP contribution is -1.84. The second kappa shape index (κ2) is 57.2. The van der Waals surface area contributed by atoms with Gasteiger partial charge in [0.05, 0.1) is 0 Å². The molecule has 0 aromatic rings. The van der Waals surface area contributed by atoms with Crippen molar-refractivity contribution in [3.63, 3.8) is 0 Å². The highest BCUT2D eigenvalue weighted by atomic mass is 14.0. The van der Waals surface area contributed by atoms with Crippen molar-refractivity contribution in [3.05, 3.63) is 36.5 Å². The van der Waals surface area contributed by atoms with Gasteiger partial charge in [-0.15, -0.1) is 0 Å². The maximum absolute atomic E-state index is 2.30. The Balaban J connectivity index is -0.0000000434. The molecule has 0 spiro atoms. The summed E-state index contributed by atoms with van der Waals surface area (Å²) in [5, 5.41) is 0. The monoisotopic (exact) mass is 559 g/mol. The summed E-state index contributed by atoms with van der Waals surface area (Å²) in [6, 6.07) is 0. The van der Waals surface area contributed by atoms with Gasteiger partial charge < -0.3 is 0 Å². The van der Waals surface area contributed by atoms with E-state index in [9.17, 15) is 0 Å². The lowest BCUT2D eigenvalue weighted by molar-refractivity contribution is 0.644. The van der Waals surface area contributed by atoms with E-state index in [0.29, 0.717) is 0 Å². The Hall–Kier alpha value is -0.780. The van der Waals surface area contributed by atoms with Crippen LogP contribution in [0.4, 0.5) is 0 Å². The maximum atomic E-state index is 2.30. The van der Waals surface area contributed by atoms with E-state index in [-0.39, 0.29) is 22.3 Å². The first-order valence-corrected chi connectivity index (χ1v) is 15.8. The summed E-state index contributed by atoms with van der Waals surface area (Å²) in [5.74, 6) is 4.85. The molecule has 0 aliphatic carbocycles. The van der Waals surface area contributed by atoms with Gasteiger partial charge in [-0.2, -0.15) is 0 Å². The van der Waals surface area contributed by atoms with Gasteiger partial charge in [0.2, 0.25) is 0 Å². The van der Waals surface area contributed by atoms with Gasteiger partial charge in [-0.3, -0.25) is 0 Å². The average molecular weight is 559 g/mol. The van der Waals surface area contributed by atoms with E-state index >= 15 is 0 Å². The van der Waals surface area contributed by atoms with Gasteiger partial charge in [0.25, 0.3) is 0 Å². The first kappa shape index (κ1) is 62.0. The Morgan fingerprint density at radius 2 is 0.333 bits per heavy atom. The van der Waals surface area contributed by atoms with Crippen LogP contribution >= 0.6 is 0 Å². The molecule has 0 aromatic heterocycles. The largest absolute Gasteiger partial charge is 0.0883 e. The van der Waals surface area contributed by atoms with Gasteiger partial charge in [-0.1, -0.05) is 183 Å². The molecule has 0 aromatic carbocycles. The van der Waals surface area contributed by atoms with Gasteiger partial charge in [-0.25, -0.2) is 0 Å². The van der Waals surface area contributed by atoms with Crippen molar-refractivity contribution in [2.24, 2.45) is 35.5 Å². The van der Waals surface area contributed by atoms with Gasteiger partial charge in [0.1, 0.15) is 0 Å². The fourth-order valence-corrected chi connectivity index (χ4v) is 2.21. The highest BCUT2D eigenvalue weighted by Crippen LogP contribution is 2.06. The molecule has 0 N–H and O–H groups in total. The zero-order chi connectivity index (χ0) is 29.9. The zero-order valence-corrected chi connectivity index (χ0v) is 29.2. The van der Waals surface area contributed by atoms with E-state index < -0.39 is 0 Å². The minimum absolute atomic E-state index is 0. The minimum atomic E-state index is 0. The maximum Gasteiger partial charge on any atom is -0.0327 e. The summed E-state index contributed by atoms with van der Waals surface area (Å²) < 4.78 is 0. The first-order chi connectivity index (χ1) is 16.9.